The minimum atomic E-state index is -0.977. The molecule has 1 saturated heterocycles. The van der Waals surface area contributed by atoms with E-state index in [0.29, 0.717) is 18.5 Å². The highest BCUT2D eigenvalue weighted by atomic mass is 35.5. The van der Waals surface area contributed by atoms with Gasteiger partial charge in [-0.1, -0.05) is 12.1 Å². The molecule has 0 radical (unpaired) electrons. The van der Waals surface area contributed by atoms with E-state index in [-0.39, 0.29) is 24.5 Å². The molecule has 1 unspecified atom stereocenters. The third kappa shape index (κ3) is 3.21. The van der Waals surface area contributed by atoms with Gasteiger partial charge in [-0.05, 0) is 24.9 Å². The lowest BCUT2D eigenvalue weighted by Crippen LogP contribution is -2.49. The molecule has 0 saturated carbocycles. The monoisotopic (exact) mass is 286 g/mol. The Morgan fingerprint density at radius 2 is 2.26 bits per heavy atom. The van der Waals surface area contributed by atoms with Crippen molar-refractivity contribution in [1.82, 2.24) is 5.32 Å². The second-order valence-corrected chi connectivity index (χ2v) is 4.52. The number of nitrogens with zero attached hydrogens (tertiary/aromatic N) is 1. The number of rotatable bonds is 4. The Hall–Kier alpha value is -1.66. The molecule has 1 aliphatic rings. The number of non-ortho nitro benzene ring substituents is 1. The van der Waals surface area contributed by atoms with Crippen molar-refractivity contribution < 1.29 is 14.8 Å². The minimum Gasteiger partial charge on any atom is -0.480 e. The summed E-state index contributed by atoms with van der Waals surface area (Å²) in [6, 6.07) is 6.14. The lowest BCUT2D eigenvalue weighted by molar-refractivity contribution is -0.384. The zero-order valence-electron chi connectivity index (χ0n) is 10.2. The van der Waals surface area contributed by atoms with Crippen molar-refractivity contribution in [2.45, 2.75) is 24.8 Å². The molecule has 1 fully saturated rings. The first-order chi connectivity index (χ1) is 8.53. The number of carbonyl (C=O) groups is 1. The molecule has 7 heteroatoms. The molecule has 2 N–H and O–H groups in total. The maximum absolute atomic E-state index is 11.4. The van der Waals surface area contributed by atoms with Gasteiger partial charge in [-0.15, -0.1) is 12.4 Å². The first-order valence-corrected chi connectivity index (χ1v) is 5.75. The predicted octanol–water partition coefficient (Wildman–Crippen LogP) is 1.77. The van der Waals surface area contributed by atoms with Crippen LogP contribution in [0.15, 0.2) is 24.3 Å². The minimum absolute atomic E-state index is 0. The molecule has 1 aromatic rings. The molecule has 1 atom stereocenters. The van der Waals surface area contributed by atoms with Gasteiger partial charge >= 0.3 is 5.97 Å². The fourth-order valence-corrected chi connectivity index (χ4v) is 2.34. The van der Waals surface area contributed by atoms with Crippen LogP contribution in [0.3, 0.4) is 0 Å². The first-order valence-electron chi connectivity index (χ1n) is 5.75. The average Bonchev–Trinajstić information content (AvgIpc) is 2.79. The summed E-state index contributed by atoms with van der Waals surface area (Å²) in [7, 11) is 0. The van der Waals surface area contributed by atoms with Crippen LogP contribution in [0.25, 0.3) is 0 Å². The van der Waals surface area contributed by atoms with Gasteiger partial charge in [-0.2, -0.15) is 0 Å². The lowest BCUT2D eigenvalue weighted by atomic mass is 9.89. The van der Waals surface area contributed by atoms with Crippen LogP contribution in [0.4, 0.5) is 5.69 Å². The third-order valence-electron chi connectivity index (χ3n) is 3.28. The molecule has 1 heterocycles. The molecule has 19 heavy (non-hydrogen) atoms. The summed E-state index contributed by atoms with van der Waals surface area (Å²) in [5.74, 6) is -0.897. The van der Waals surface area contributed by atoms with Gasteiger partial charge < -0.3 is 10.4 Å². The highest BCUT2D eigenvalue weighted by Gasteiger charge is 2.41. The lowest BCUT2D eigenvalue weighted by Gasteiger charge is -2.24. The van der Waals surface area contributed by atoms with Gasteiger partial charge in [0.1, 0.15) is 5.54 Å². The van der Waals surface area contributed by atoms with Crippen molar-refractivity contribution in [3.63, 3.8) is 0 Å². The number of hydrogen-bond donors (Lipinski definition) is 2. The Labute approximate surface area is 116 Å². The molecule has 1 aliphatic heterocycles. The van der Waals surface area contributed by atoms with Gasteiger partial charge in [-0.3, -0.25) is 14.9 Å². The van der Waals surface area contributed by atoms with Crippen LogP contribution in [0.1, 0.15) is 18.4 Å². The molecule has 0 bridgehead atoms. The van der Waals surface area contributed by atoms with Crippen molar-refractivity contribution >= 4 is 24.1 Å². The number of nitro benzene ring substituents is 1. The van der Waals surface area contributed by atoms with Crippen molar-refractivity contribution in [1.29, 1.82) is 0 Å². The summed E-state index contributed by atoms with van der Waals surface area (Å²) < 4.78 is 0. The van der Waals surface area contributed by atoms with Crippen LogP contribution in [0.5, 0.6) is 0 Å². The van der Waals surface area contributed by atoms with Crippen LogP contribution in [-0.4, -0.2) is 28.1 Å². The molecule has 6 nitrogen and oxygen atoms in total. The molecular weight excluding hydrogens is 272 g/mol. The quantitative estimate of drug-likeness (QED) is 0.650. The van der Waals surface area contributed by atoms with E-state index in [2.05, 4.69) is 5.32 Å². The van der Waals surface area contributed by atoms with Crippen molar-refractivity contribution in [2.24, 2.45) is 0 Å². The van der Waals surface area contributed by atoms with Crippen LogP contribution < -0.4 is 5.32 Å². The summed E-state index contributed by atoms with van der Waals surface area (Å²) in [4.78, 5) is 21.6. The molecule has 2 rings (SSSR count). The normalized spacial score (nSPS) is 21.7. The standard InChI is InChI=1S/C12H14N2O4.ClH/c15-11(16)12(5-2-6-13-12)8-9-3-1-4-10(7-9)14(17)18;/h1,3-4,7,13H,2,5-6,8H2,(H,15,16);1H. The largest absolute Gasteiger partial charge is 0.480 e. The zero-order valence-corrected chi connectivity index (χ0v) is 11.0. The van der Waals surface area contributed by atoms with Gasteiger partial charge in [0.05, 0.1) is 4.92 Å². The summed E-state index contributed by atoms with van der Waals surface area (Å²) >= 11 is 0. The van der Waals surface area contributed by atoms with Crippen LogP contribution in [-0.2, 0) is 11.2 Å². The summed E-state index contributed by atoms with van der Waals surface area (Å²) in [5.41, 5.74) is -0.318. The Morgan fingerprint density at radius 3 is 2.79 bits per heavy atom. The molecule has 0 spiro atoms. The van der Waals surface area contributed by atoms with Gasteiger partial charge in [-0.25, -0.2) is 0 Å². The SMILES string of the molecule is Cl.O=C(O)C1(Cc2cccc([N+](=O)[O-])c2)CCCN1. The van der Waals surface area contributed by atoms with E-state index in [1.165, 1.54) is 12.1 Å². The van der Waals surface area contributed by atoms with E-state index < -0.39 is 16.4 Å². The summed E-state index contributed by atoms with van der Waals surface area (Å²) in [6.07, 6.45) is 1.62. The van der Waals surface area contributed by atoms with E-state index in [9.17, 15) is 20.0 Å². The van der Waals surface area contributed by atoms with Crippen molar-refractivity contribution in [3.8, 4) is 0 Å². The maximum atomic E-state index is 11.4. The van der Waals surface area contributed by atoms with Crippen LogP contribution in [0.2, 0.25) is 0 Å². The second kappa shape index (κ2) is 5.99. The number of carboxylic acids is 1. The fraction of sp³-hybridized carbons (Fsp3) is 0.417. The van der Waals surface area contributed by atoms with E-state index in [1.807, 2.05) is 0 Å². The molecule has 104 valence electrons. The van der Waals surface area contributed by atoms with E-state index in [4.69, 9.17) is 0 Å². The van der Waals surface area contributed by atoms with Crippen molar-refractivity contribution in [2.75, 3.05) is 6.54 Å². The number of halogens is 1. The number of nitro groups is 1. The Bertz CT molecular complexity index is 486. The Kier molecular flexibility index (Phi) is 4.85. The average molecular weight is 287 g/mol. The number of aliphatic carboxylic acids is 1. The molecule has 0 amide bonds. The number of hydrogen-bond acceptors (Lipinski definition) is 4. The number of carboxylic acid groups (broad SMARTS) is 1. The number of benzene rings is 1. The molecule has 0 aromatic heterocycles. The van der Waals surface area contributed by atoms with Crippen molar-refractivity contribution in [3.05, 3.63) is 39.9 Å². The molecule has 0 aliphatic carbocycles. The van der Waals surface area contributed by atoms with Gasteiger partial charge in [0.25, 0.3) is 5.69 Å². The zero-order chi connectivity index (χ0) is 13.2. The van der Waals surface area contributed by atoms with E-state index >= 15 is 0 Å². The highest BCUT2D eigenvalue weighted by Crippen LogP contribution is 2.26. The molecule has 1 aromatic carbocycles. The van der Waals surface area contributed by atoms with Gasteiger partial charge in [0.15, 0.2) is 0 Å². The highest BCUT2D eigenvalue weighted by molar-refractivity contribution is 5.85. The maximum Gasteiger partial charge on any atom is 0.324 e. The summed E-state index contributed by atoms with van der Waals surface area (Å²) in [5, 5.41) is 23.0. The van der Waals surface area contributed by atoms with E-state index in [0.717, 1.165) is 6.42 Å². The smallest absolute Gasteiger partial charge is 0.324 e. The van der Waals surface area contributed by atoms with Crippen LogP contribution in [0, 0.1) is 10.1 Å². The Balaban J connectivity index is 0.00000180. The van der Waals surface area contributed by atoms with E-state index in [1.54, 1.807) is 12.1 Å². The topological polar surface area (TPSA) is 92.5 Å². The third-order valence-corrected chi connectivity index (χ3v) is 3.28. The fourth-order valence-electron chi connectivity index (χ4n) is 2.34. The van der Waals surface area contributed by atoms with Gasteiger partial charge in [0.2, 0.25) is 0 Å². The second-order valence-electron chi connectivity index (χ2n) is 4.52. The molecular formula is C12H15ClN2O4. The van der Waals surface area contributed by atoms with Gasteiger partial charge in [0, 0.05) is 18.6 Å². The summed E-state index contributed by atoms with van der Waals surface area (Å²) in [6.45, 7) is 0.668. The Morgan fingerprint density at radius 1 is 1.53 bits per heavy atom. The van der Waals surface area contributed by atoms with Crippen LogP contribution >= 0.6 is 12.4 Å². The first kappa shape index (κ1) is 15.4. The predicted molar refractivity (Wildman–Crippen MR) is 71.7 cm³/mol. The number of nitrogens with one attached hydrogen (secondary N) is 1.